The van der Waals surface area contributed by atoms with Gasteiger partial charge < -0.3 is 21.0 Å². The van der Waals surface area contributed by atoms with Gasteiger partial charge in [0, 0.05) is 33.5 Å². The minimum Gasteiger partial charge on any atom is -0.363 e. The zero-order valence-electron chi connectivity index (χ0n) is 32.9. The third-order valence-corrected chi connectivity index (χ3v) is 10.0. The highest BCUT2D eigenvalue weighted by atomic mass is 35.5. The molecule has 0 aliphatic heterocycles. The molecule has 0 bridgehead atoms. The van der Waals surface area contributed by atoms with Crippen LogP contribution in [0.4, 0.5) is 5.82 Å². The standard InChI is InChI=1S/C23H18N6O.C17H16N2.C6H3ClN4O/c1-14(28-22-19-21(24-12-26-22)25-13-27-23(19)30)17-11-16-9-5-6-10-18(16)29-20(17)15-7-3-2-4-8-15;1-12(18)15-11-14-9-5-6-10-16(14)19-17(15)13-7-3-2-4-8-13;7-4-3-5(9-1-8-4)10-2-11-6(3)12/h2-14H,1H3,(H2,24,25,26,27,28,30);2-12H,18H2,1H3;1-2H,(H,8,9,10,11,12)/t14-;12-;/m00./s1. The topological polar surface area (TPSA) is 207 Å². The first kappa shape index (κ1) is 40.0. The smallest absolute Gasteiger partial charge is 0.263 e. The second kappa shape index (κ2) is 18.0. The zero-order valence-corrected chi connectivity index (χ0v) is 33.6. The van der Waals surface area contributed by atoms with Gasteiger partial charge in [-0.05, 0) is 43.7 Å². The first-order valence-electron chi connectivity index (χ1n) is 19.2. The molecule has 10 aromatic rings. The van der Waals surface area contributed by atoms with Crippen LogP contribution in [-0.2, 0) is 0 Å². The number of hydrogen-bond donors (Lipinski definition) is 4. The van der Waals surface area contributed by atoms with Gasteiger partial charge in [-0.1, -0.05) is 109 Å². The van der Waals surface area contributed by atoms with Crippen molar-refractivity contribution >= 4 is 61.3 Å². The van der Waals surface area contributed by atoms with Crippen LogP contribution in [0.3, 0.4) is 0 Å². The second-order valence-corrected chi connectivity index (χ2v) is 14.2. The van der Waals surface area contributed by atoms with Crippen LogP contribution in [0.1, 0.15) is 37.1 Å². The summed E-state index contributed by atoms with van der Waals surface area (Å²) in [5.74, 6) is 0.439. The van der Waals surface area contributed by atoms with E-state index in [9.17, 15) is 9.59 Å². The summed E-state index contributed by atoms with van der Waals surface area (Å²) in [6.07, 6.45) is 5.28. The molecule has 300 valence electrons. The lowest BCUT2D eigenvalue weighted by atomic mass is 9.98. The molecule has 15 heteroatoms. The molecule has 0 aliphatic rings. The highest BCUT2D eigenvalue weighted by molar-refractivity contribution is 6.33. The summed E-state index contributed by atoms with van der Waals surface area (Å²) in [6.45, 7) is 4.02. The van der Waals surface area contributed by atoms with Crippen LogP contribution in [0, 0.1) is 0 Å². The molecule has 0 spiro atoms. The minimum atomic E-state index is -0.328. The van der Waals surface area contributed by atoms with E-state index in [1.54, 1.807) is 0 Å². The maximum atomic E-state index is 12.4. The lowest BCUT2D eigenvalue weighted by Crippen LogP contribution is -2.15. The average molecular weight is 825 g/mol. The van der Waals surface area contributed by atoms with Gasteiger partial charge in [-0.2, -0.15) is 0 Å². The van der Waals surface area contributed by atoms with Gasteiger partial charge in [0.25, 0.3) is 11.1 Å². The van der Waals surface area contributed by atoms with Crippen molar-refractivity contribution in [3.63, 3.8) is 0 Å². The number of hydrogen-bond acceptors (Lipinski definition) is 12. The fourth-order valence-electron chi connectivity index (χ4n) is 6.77. The Bertz CT molecular complexity index is 3240. The number of nitrogens with two attached hydrogens (primary N) is 1. The van der Waals surface area contributed by atoms with E-state index in [1.807, 2.05) is 105 Å². The van der Waals surface area contributed by atoms with Gasteiger partial charge >= 0.3 is 0 Å². The largest absolute Gasteiger partial charge is 0.363 e. The van der Waals surface area contributed by atoms with Crippen LogP contribution >= 0.6 is 11.6 Å². The molecule has 4 aromatic carbocycles. The number of aromatic amines is 2. The molecule has 0 aliphatic carbocycles. The van der Waals surface area contributed by atoms with Crippen molar-refractivity contribution in [3.8, 4) is 22.5 Å². The Balaban J connectivity index is 0.000000141. The maximum Gasteiger partial charge on any atom is 0.263 e. The Morgan fingerprint density at radius 3 is 1.61 bits per heavy atom. The van der Waals surface area contributed by atoms with Crippen LogP contribution in [0.5, 0.6) is 0 Å². The molecule has 14 nitrogen and oxygen atoms in total. The van der Waals surface area contributed by atoms with E-state index in [1.165, 1.54) is 25.3 Å². The summed E-state index contributed by atoms with van der Waals surface area (Å²) in [5, 5.41) is 6.23. The summed E-state index contributed by atoms with van der Waals surface area (Å²) in [6, 6.07) is 40.5. The first-order chi connectivity index (χ1) is 29.7. The molecule has 0 amide bonds. The van der Waals surface area contributed by atoms with E-state index in [-0.39, 0.29) is 33.7 Å². The summed E-state index contributed by atoms with van der Waals surface area (Å²) in [5.41, 5.74) is 14.2. The number of aromatic nitrogens is 10. The molecule has 6 aromatic heterocycles. The van der Waals surface area contributed by atoms with Crippen molar-refractivity contribution < 1.29 is 0 Å². The van der Waals surface area contributed by atoms with Gasteiger partial charge in [0.15, 0.2) is 11.3 Å². The third-order valence-electron chi connectivity index (χ3n) is 9.74. The molecular formula is C46H37ClN12O2. The van der Waals surface area contributed by atoms with Crippen molar-refractivity contribution in [2.24, 2.45) is 5.73 Å². The molecule has 0 saturated heterocycles. The van der Waals surface area contributed by atoms with Crippen LogP contribution < -0.4 is 22.2 Å². The van der Waals surface area contributed by atoms with E-state index in [0.29, 0.717) is 22.5 Å². The maximum absolute atomic E-state index is 12.4. The Hall–Kier alpha value is -7.81. The monoisotopic (exact) mass is 824 g/mol. The molecule has 6 heterocycles. The molecule has 0 radical (unpaired) electrons. The third kappa shape index (κ3) is 8.81. The van der Waals surface area contributed by atoms with E-state index < -0.39 is 0 Å². The first-order valence-corrected chi connectivity index (χ1v) is 19.6. The molecule has 5 N–H and O–H groups in total. The number of H-pyrrole nitrogens is 2. The van der Waals surface area contributed by atoms with Gasteiger partial charge in [0.1, 0.15) is 34.4 Å². The molecule has 61 heavy (non-hydrogen) atoms. The normalized spacial score (nSPS) is 11.9. The molecular weight excluding hydrogens is 788 g/mol. The molecule has 10 rings (SSSR count). The fraction of sp³-hybridized carbons (Fsp3) is 0.0870. The van der Waals surface area contributed by atoms with Crippen LogP contribution in [0.2, 0.25) is 5.15 Å². The molecule has 0 fully saturated rings. The van der Waals surface area contributed by atoms with E-state index in [2.05, 4.69) is 75.5 Å². The number of nitrogens with one attached hydrogen (secondary N) is 3. The summed E-state index contributed by atoms with van der Waals surface area (Å²) in [4.78, 5) is 62.0. The van der Waals surface area contributed by atoms with E-state index in [4.69, 9.17) is 27.3 Å². The predicted molar refractivity (Wildman–Crippen MR) is 240 cm³/mol. The van der Waals surface area contributed by atoms with Crippen LogP contribution in [-0.4, -0.2) is 49.8 Å². The van der Waals surface area contributed by atoms with Crippen molar-refractivity contribution in [1.82, 2.24) is 49.8 Å². The van der Waals surface area contributed by atoms with E-state index in [0.717, 1.165) is 55.4 Å². The summed E-state index contributed by atoms with van der Waals surface area (Å²) >= 11 is 5.65. The predicted octanol–water partition coefficient (Wildman–Crippen LogP) is 8.39. The lowest BCUT2D eigenvalue weighted by Gasteiger charge is -2.19. The van der Waals surface area contributed by atoms with Gasteiger partial charge in [-0.3, -0.25) is 9.59 Å². The minimum absolute atomic E-state index is 0.0349. The molecule has 0 saturated carbocycles. The Labute approximate surface area is 353 Å². The Morgan fingerprint density at radius 2 is 1.05 bits per heavy atom. The zero-order chi connectivity index (χ0) is 42.3. The number of nitrogens with zero attached hydrogens (tertiary/aromatic N) is 8. The van der Waals surface area contributed by atoms with Crippen molar-refractivity contribution in [2.75, 3.05) is 5.32 Å². The number of para-hydroxylation sites is 2. The highest BCUT2D eigenvalue weighted by Crippen LogP contribution is 2.32. The van der Waals surface area contributed by atoms with Gasteiger partial charge in [0.2, 0.25) is 0 Å². The van der Waals surface area contributed by atoms with Crippen molar-refractivity contribution in [3.05, 3.63) is 184 Å². The number of anilines is 1. The fourth-order valence-corrected chi connectivity index (χ4v) is 6.98. The summed E-state index contributed by atoms with van der Waals surface area (Å²) in [7, 11) is 0. The van der Waals surface area contributed by atoms with Crippen molar-refractivity contribution in [1.29, 1.82) is 0 Å². The quantitative estimate of drug-likeness (QED) is 0.117. The van der Waals surface area contributed by atoms with E-state index >= 15 is 0 Å². The van der Waals surface area contributed by atoms with Gasteiger partial charge in [-0.15, -0.1) is 0 Å². The SMILES string of the molecule is C[C@H](N)c1cc2ccccc2nc1-c1ccccc1.C[C@H](Nc1ncnc2nc[nH]c(=O)c12)c1cc2ccccc2nc1-c1ccccc1.O=c1[nH]cnc2ncnc(Cl)c12. The number of rotatable bonds is 6. The second-order valence-electron chi connectivity index (χ2n) is 13.9. The van der Waals surface area contributed by atoms with Crippen molar-refractivity contribution in [2.45, 2.75) is 25.9 Å². The summed E-state index contributed by atoms with van der Waals surface area (Å²) < 4.78 is 0. The lowest BCUT2D eigenvalue weighted by molar-refractivity contribution is 0.817. The van der Waals surface area contributed by atoms with Gasteiger partial charge in [0.05, 0.1) is 41.1 Å². The molecule has 2 atom stereocenters. The van der Waals surface area contributed by atoms with Crippen LogP contribution in [0.15, 0.2) is 156 Å². The number of benzene rings is 4. The molecule has 0 unspecified atom stereocenters. The number of fused-ring (bicyclic) bond motifs is 4. The Morgan fingerprint density at radius 1 is 0.574 bits per heavy atom. The highest BCUT2D eigenvalue weighted by Gasteiger charge is 2.18. The van der Waals surface area contributed by atoms with Crippen LogP contribution in [0.25, 0.3) is 66.4 Å². The average Bonchev–Trinajstić information content (AvgIpc) is 3.29. The number of halogens is 1. The van der Waals surface area contributed by atoms with Gasteiger partial charge in [-0.25, -0.2) is 39.9 Å². The number of pyridine rings is 2. The Kier molecular flexibility index (Phi) is 11.8.